The van der Waals surface area contributed by atoms with E-state index in [1.54, 1.807) is 40.8 Å². The minimum Gasteiger partial charge on any atom is -0.481 e. The lowest BCUT2D eigenvalue weighted by Gasteiger charge is -2.34. The number of hydrazone groups is 1. The van der Waals surface area contributed by atoms with Crippen LogP contribution in [0.15, 0.2) is 76.1 Å². The molecular weight excluding hydrogens is 498 g/mol. The van der Waals surface area contributed by atoms with Gasteiger partial charge in [0, 0.05) is 37.8 Å². The number of H-pyrrole nitrogens is 1. The number of carbonyl (C=O) groups is 1. The van der Waals surface area contributed by atoms with Crippen LogP contribution in [0.1, 0.15) is 34.5 Å². The van der Waals surface area contributed by atoms with Gasteiger partial charge in [-0.25, -0.2) is 9.99 Å². The number of nitrogens with zero attached hydrogens (tertiary/aromatic N) is 7. The van der Waals surface area contributed by atoms with E-state index in [0.717, 1.165) is 11.4 Å². The monoisotopic (exact) mass is 522 g/mol. The summed E-state index contributed by atoms with van der Waals surface area (Å²) in [4.78, 5) is 27.1. The summed E-state index contributed by atoms with van der Waals surface area (Å²) in [5, 5.41) is 13.7. The van der Waals surface area contributed by atoms with Gasteiger partial charge in [0.1, 0.15) is 22.7 Å². The molecule has 2 aliphatic heterocycles. The van der Waals surface area contributed by atoms with Gasteiger partial charge in [-0.05, 0) is 30.7 Å². The van der Waals surface area contributed by atoms with Crippen LogP contribution in [-0.4, -0.2) is 59.8 Å². The van der Waals surface area contributed by atoms with Gasteiger partial charge in [0.25, 0.3) is 5.89 Å². The third kappa shape index (κ3) is 4.85. The molecule has 5 heterocycles. The van der Waals surface area contributed by atoms with Crippen LogP contribution in [0.5, 0.6) is 0 Å². The smallest absolute Gasteiger partial charge is 0.312 e. The molecule has 0 radical (unpaired) electrons. The summed E-state index contributed by atoms with van der Waals surface area (Å²) in [6.45, 7) is 4.12. The molecule has 3 aromatic heterocycles. The van der Waals surface area contributed by atoms with E-state index in [2.05, 4.69) is 55.4 Å². The minimum absolute atomic E-state index is 0.0972. The fourth-order valence-electron chi connectivity index (χ4n) is 4.14. The number of allylic oxidation sites excluding steroid dienone is 2. The zero-order chi connectivity index (χ0) is 25.1. The highest BCUT2D eigenvalue weighted by Gasteiger charge is 2.35. The molecule has 0 aromatic carbocycles. The number of carbonyl (C=O) groups excluding carboxylic acids is 1. The fourth-order valence-corrected chi connectivity index (χ4v) is 4.43. The Morgan fingerprint density at radius 2 is 2.25 bits per heavy atom. The first kappa shape index (κ1) is 24.0. The maximum Gasteiger partial charge on any atom is 0.312 e. The van der Waals surface area contributed by atoms with Crippen LogP contribution in [0.2, 0.25) is 0 Å². The molecule has 1 N–H and O–H groups in total. The number of imidazole rings is 1. The van der Waals surface area contributed by atoms with Gasteiger partial charge in [0.15, 0.2) is 0 Å². The van der Waals surface area contributed by atoms with Gasteiger partial charge in [-0.15, -0.1) is 10.2 Å². The van der Waals surface area contributed by atoms with Gasteiger partial charge >= 0.3 is 11.8 Å². The first-order valence-electron chi connectivity index (χ1n) is 11.2. The van der Waals surface area contributed by atoms with Crippen LogP contribution < -0.4 is 0 Å². The standard InChI is InChI=1S/C23H24N8O3P2/c1-24-31-11-4-6-18(33-23(35)36)16(31)7-8-17-19-14(26-13-27-19)9-12-30(17)22(32)21-29-28-20(34-21)15-5-2-3-10-25-15/h2-7,10-11,13,17,23H,1,8-9,12,35-36H2,(H,26,27)/b16-7-/t17-/m0/s1. The van der Waals surface area contributed by atoms with Crippen LogP contribution in [0.25, 0.3) is 11.6 Å². The number of aromatic amines is 1. The maximum atomic E-state index is 13.5. The zero-order valence-corrected chi connectivity index (χ0v) is 21.5. The van der Waals surface area contributed by atoms with Crippen molar-refractivity contribution in [3.05, 3.63) is 83.9 Å². The highest BCUT2D eigenvalue weighted by Crippen LogP contribution is 2.34. The topological polar surface area (TPSA) is 126 Å². The van der Waals surface area contributed by atoms with Crippen molar-refractivity contribution in [3.8, 4) is 11.6 Å². The lowest BCUT2D eigenvalue weighted by atomic mass is 9.98. The molecule has 2 aliphatic rings. The number of aromatic nitrogens is 5. The van der Waals surface area contributed by atoms with Gasteiger partial charge in [-0.3, -0.25) is 9.78 Å². The molecule has 1 amide bonds. The molecule has 0 spiro atoms. The predicted molar refractivity (Wildman–Crippen MR) is 139 cm³/mol. The summed E-state index contributed by atoms with van der Waals surface area (Å²) < 4.78 is 11.6. The van der Waals surface area contributed by atoms with Crippen molar-refractivity contribution in [2.75, 3.05) is 6.54 Å². The van der Waals surface area contributed by atoms with Crippen LogP contribution in [0.3, 0.4) is 0 Å². The average Bonchev–Trinajstić information content (AvgIpc) is 3.58. The molecule has 3 aromatic rings. The Balaban J connectivity index is 1.44. The molecule has 0 fully saturated rings. The molecule has 0 saturated heterocycles. The maximum absolute atomic E-state index is 13.5. The Bertz CT molecular complexity index is 1350. The first-order valence-corrected chi connectivity index (χ1v) is 12.5. The highest BCUT2D eigenvalue weighted by molar-refractivity contribution is 7.37. The number of amides is 1. The summed E-state index contributed by atoms with van der Waals surface area (Å²) in [5.41, 5.74) is 2.82. The van der Waals surface area contributed by atoms with Crippen molar-refractivity contribution in [2.24, 2.45) is 5.10 Å². The Kier molecular flexibility index (Phi) is 7.02. The fraction of sp³-hybridized carbons (Fsp3) is 0.217. The van der Waals surface area contributed by atoms with E-state index < -0.39 is 0 Å². The van der Waals surface area contributed by atoms with Crippen LogP contribution in [-0.2, 0) is 11.2 Å². The molecule has 0 saturated carbocycles. The van der Waals surface area contributed by atoms with E-state index >= 15 is 0 Å². The van der Waals surface area contributed by atoms with Gasteiger partial charge < -0.3 is 19.0 Å². The average molecular weight is 522 g/mol. The third-order valence-corrected chi connectivity index (χ3v) is 6.00. The van der Waals surface area contributed by atoms with Gasteiger partial charge in [-0.2, -0.15) is 5.10 Å². The van der Waals surface area contributed by atoms with Crippen molar-refractivity contribution in [1.29, 1.82) is 0 Å². The SMILES string of the molecule is C=NN1C=CC=C(OC(P)P)/C1=C/C[C@H]1c2nc[nH]c2CCN1C(=O)c1nnc(-c2ccccn2)o1. The van der Waals surface area contributed by atoms with E-state index in [9.17, 15) is 4.79 Å². The second kappa shape index (κ2) is 10.5. The number of fused-ring (bicyclic) bond motifs is 1. The predicted octanol–water partition coefficient (Wildman–Crippen LogP) is 3.25. The number of rotatable bonds is 7. The second-order valence-corrected chi connectivity index (χ2v) is 10.0. The Labute approximate surface area is 211 Å². The first-order chi connectivity index (χ1) is 17.5. The molecule has 5 rings (SSSR count). The summed E-state index contributed by atoms with van der Waals surface area (Å²) >= 11 is 0. The largest absolute Gasteiger partial charge is 0.481 e. The number of pyridine rings is 1. The molecule has 13 heteroatoms. The molecule has 36 heavy (non-hydrogen) atoms. The summed E-state index contributed by atoms with van der Waals surface area (Å²) in [7, 11) is 5.15. The number of hydrogen-bond acceptors (Lipinski definition) is 9. The van der Waals surface area contributed by atoms with Crippen molar-refractivity contribution in [3.63, 3.8) is 0 Å². The van der Waals surface area contributed by atoms with Crippen molar-refractivity contribution < 1.29 is 13.9 Å². The number of nitrogens with one attached hydrogen (secondary N) is 1. The normalized spacial score (nSPS) is 18.4. The summed E-state index contributed by atoms with van der Waals surface area (Å²) in [5.74, 6) is 0.354. The second-order valence-electron chi connectivity index (χ2n) is 7.92. The number of ether oxygens (including phenoxy) is 1. The lowest BCUT2D eigenvalue weighted by Crippen LogP contribution is -2.40. The van der Waals surface area contributed by atoms with Gasteiger partial charge in [0.2, 0.25) is 0 Å². The van der Waals surface area contributed by atoms with Crippen molar-refractivity contribution >= 4 is 31.1 Å². The molecular formula is C23H24N8O3P2. The molecule has 0 bridgehead atoms. The Morgan fingerprint density at radius 1 is 1.36 bits per heavy atom. The van der Waals surface area contributed by atoms with Crippen LogP contribution >= 0.6 is 18.5 Å². The minimum atomic E-state index is -0.369. The van der Waals surface area contributed by atoms with E-state index in [1.807, 2.05) is 24.3 Å². The quantitative estimate of drug-likeness (QED) is 0.370. The van der Waals surface area contributed by atoms with E-state index in [1.165, 1.54) is 0 Å². The third-order valence-electron chi connectivity index (χ3n) is 5.72. The molecule has 11 nitrogen and oxygen atoms in total. The van der Waals surface area contributed by atoms with Crippen molar-refractivity contribution in [2.45, 2.75) is 24.5 Å². The molecule has 2 unspecified atom stereocenters. The van der Waals surface area contributed by atoms with Gasteiger partial charge in [0.05, 0.1) is 18.1 Å². The zero-order valence-electron chi connectivity index (χ0n) is 19.2. The molecule has 3 atom stereocenters. The molecule has 0 aliphatic carbocycles. The van der Waals surface area contributed by atoms with E-state index in [4.69, 9.17) is 9.15 Å². The van der Waals surface area contributed by atoms with E-state index in [-0.39, 0.29) is 29.3 Å². The van der Waals surface area contributed by atoms with Crippen LogP contribution in [0, 0.1) is 0 Å². The highest BCUT2D eigenvalue weighted by atomic mass is 31.1. The molecule has 184 valence electrons. The lowest BCUT2D eigenvalue weighted by molar-refractivity contribution is 0.0616. The van der Waals surface area contributed by atoms with Crippen LogP contribution in [0.4, 0.5) is 0 Å². The van der Waals surface area contributed by atoms with Crippen molar-refractivity contribution in [1.82, 2.24) is 35.1 Å². The van der Waals surface area contributed by atoms with Gasteiger partial charge in [-0.1, -0.05) is 30.6 Å². The Morgan fingerprint density at radius 3 is 3.03 bits per heavy atom. The van der Waals surface area contributed by atoms with E-state index in [0.29, 0.717) is 36.5 Å². The summed E-state index contributed by atoms with van der Waals surface area (Å²) in [6, 6.07) is 4.97. The summed E-state index contributed by atoms with van der Waals surface area (Å²) in [6.07, 6.45) is 11.8. The number of hydrogen-bond donors (Lipinski definition) is 1. The Hall–Kier alpha value is -3.68.